The van der Waals surface area contributed by atoms with Crippen molar-refractivity contribution in [2.45, 2.75) is 6.92 Å². The van der Waals surface area contributed by atoms with E-state index in [-0.39, 0.29) is 0 Å². The Morgan fingerprint density at radius 1 is 0.267 bits per heavy atom. The Morgan fingerprint density at radius 3 is 0.973 bits per heavy atom. The number of benzene rings is 14. The molecule has 0 fully saturated rings. The lowest BCUT2D eigenvalue weighted by molar-refractivity contribution is 1.59. The number of allylic oxidation sites excluding steroid dienone is 3. The first-order chi connectivity index (χ1) is 37.1. The second-order valence-corrected chi connectivity index (χ2v) is 19.4. The molecule has 0 atom stereocenters. The summed E-state index contributed by atoms with van der Waals surface area (Å²) in [7, 11) is 0. The molecule has 14 aromatic rings. The Kier molecular flexibility index (Phi) is 11.7. The lowest BCUT2D eigenvalue weighted by Crippen LogP contribution is -1.91. The smallest absolute Gasteiger partial charge is 0.00262 e. The van der Waals surface area contributed by atoms with Gasteiger partial charge in [-0.05, 0) is 161 Å². The molecule has 14 aromatic carbocycles. The average molecular weight is 953 g/mol. The van der Waals surface area contributed by atoms with E-state index in [9.17, 15) is 0 Å². The fraction of sp³-hybridized carbons (Fsp3) is 0.0133. The maximum absolute atomic E-state index is 3.96. The van der Waals surface area contributed by atoms with Crippen LogP contribution in [0.2, 0.25) is 0 Å². The molecule has 352 valence electrons. The molecule has 0 heteroatoms. The summed E-state index contributed by atoms with van der Waals surface area (Å²) in [5.74, 6) is 0. The van der Waals surface area contributed by atoms with Crippen molar-refractivity contribution in [2.75, 3.05) is 0 Å². The minimum absolute atomic E-state index is 1.15. The van der Waals surface area contributed by atoms with E-state index in [1.165, 1.54) is 137 Å². The molecule has 0 spiro atoms. The molecule has 0 aliphatic heterocycles. The molecule has 0 aliphatic rings. The van der Waals surface area contributed by atoms with Gasteiger partial charge in [0, 0.05) is 0 Å². The van der Waals surface area contributed by atoms with E-state index in [4.69, 9.17) is 0 Å². The summed E-state index contributed by atoms with van der Waals surface area (Å²) in [5, 5.41) is 17.8. The van der Waals surface area contributed by atoms with Gasteiger partial charge in [0.05, 0.1) is 0 Å². The summed E-state index contributed by atoms with van der Waals surface area (Å²) in [6.07, 6.45) is 4.02. The largest absolute Gasteiger partial charge is 0.0985 e. The average Bonchev–Trinajstić information content (AvgIpc) is 3.49. The van der Waals surface area contributed by atoms with Gasteiger partial charge in [-0.2, -0.15) is 0 Å². The Bertz CT molecular complexity index is 4410. The predicted octanol–water partition coefficient (Wildman–Crippen LogP) is 21.4. The summed E-state index contributed by atoms with van der Waals surface area (Å²) in [6, 6.07) is 99.5. The third-order valence-electron chi connectivity index (χ3n) is 15.3. The monoisotopic (exact) mass is 952 g/mol. The molecule has 0 heterocycles. The minimum Gasteiger partial charge on any atom is -0.0985 e. The van der Waals surface area contributed by atoms with E-state index in [0.29, 0.717) is 0 Å². The van der Waals surface area contributed by atoms with Crippen LogP contribution in [-0.2, 0) is 0 Å². The second kappa shape index (κ2) is 19.4. The summed E-state index contributed by atoms with van der Waals surface area (Å²) >= 11 is 0. The Labute approximate surface area is 438 Å². The van der Waals surface area contributed by atoms with E-state index in [1.807, 2.05) is 6.08 Å². The Balaban J connectivity index is 0.000000146. The molecule has 0 nitrogen and oxygen atoms in total. The maximum atomic E-state index is 3.96. The van der Waals surface area contributed by atoms with Crippen LogP contribution in [0.3, 0.4) is 0 Å². The van der Waals surface area contributed by atoms with Gasteiger partial charge in [0.15, 0.2) is 0 Å². The summed E-state index contributed by atoms with van der Waals surface area (Å²) < 4.78 is 0. The summed E-state index contributed by atoms with van der Waals surface area (Å²) in [4.78, 5) is 0. The zero-order chi connectivity index (χ0) is 50.2. The van der Waals surface area contributed by atoms with E-state index >= 15 is 0 Å². The van der Waals surface area contributed by atoms with Crippen LogP contribution >= 0.6 is 0 Å². The van der Waals surface area contributed by atoms with Gasteiger partial charge < -0.3 is 0 Å². The van der Waals surface area contributed by atoms with Crippen LogP contribution in [0.1, 0.15) is 12.5 Å². The molecule has 0 saturated heterocycles. The first kappa shape index (κ1) is 45.3. The van der Waals surface area contributed by atoms with Crippen LogP contribution in [0.5, 0.6) is 0 Å². The van der Waals surface area contributed by atoms with Crippen LogP contribution < -0.4 is 0 Å². The van der Waals surface area contributed by atoms with Crippen molar-refractivity contribution in [1.82, 2.24) is 0 Å². The van der Waals surface area contributed by atoms with Crippen molar-refractivity contribution in [3.63, 3.8) is 0 Å². The SMILES string of the molecule is C=C/C(=C\C)c1ccc(-c2c3ccccc3c(-c3ccc4ccccc4c3)c3ccccc23)cc1.c1ccc2cc(-c3c4ccccc4c(-c4ccc(-c5cccc6ccccc56)cc4)c4ccccc34)ccc2c1. The van der Waals surface area contributed by atoms with Crippen LogP contribution in [-0.4, -0.2) is 0 Å². The van der Waals surface area contributed by atoms with Crippen molar-refractivity contribution in [2.24, 2.45) is 0 Å². The molecule has 0 radical (unpaired) electrons. The molecule has 75 heavy (non-hydrogen) atoms. The van der Waals surface area contributed by atoms with Gasteiger partial charge in [0.2, 0.25) is 0 Å². The first-order valence-corrected chi connectivity index (χ1v) is 26.0. The highest BCUT2D eigenvalue weighted by Gasteiger charge is 2.19. The Morgan fingerprint density at radius 2 is 0.573 bits per heavy atom. The molecule has 14 rings (SSSR count). The number of hydrogen-bond donors (Lipinski definition) is 0. The van der Waals surface area contributed by atoms with Crippen LogP contribution in [0.25, 0.3) is 137 Å². The fourth-order valence-corrected chi connectivity index (χ4v) is 11.7. The standard InChI is InChI=1S/C40H26.C35H26/c1-2-12-31-26-32(25-20-27(31)10-1)40-37-17-7-5-15-35(37)39(36-16-6-8-18-38(36)40)30-23-21-29(22-24-30)34-19-9-13-28-11-3-4-14-33(28)34;1-3-24(4-2)26-17-20-27(21-18-26)34-30-13-7-9-15-32(30)35(33-16-10-8-14-31(33)34)29-22-19-25-11-5-6-12-28(25)23-29/h1-26H;3-23H,1H2,2H3/b;24-4+. The first-order valence-electron chi connectivity index (χ1n) is 26.0. The third kappa shape index (κ3) is 8.14. The van der Waals surface area contributed by atoms with Gasteiger partial charge in [-0.25, -0.2) is 0 Å². The normalized spacial score (nSPS) is 11.7. The lowest BCUT2D eigenvalue weighted by Gasteiger charge is -2.18. The molecule has 0 unspecified atom stereocenters. The molecule has 0 bridgehead atoms. The molecule has 0 aromatic heterocycles. The van der Waals surface area contributed by atoms with E-state index < -0.39 is 0 Å². The maximum Gasteiger partial charge on any atom is -0.00262 e. The van der Waals surface area contributed by atoms with E-state index in [1.54, 1.807) is 0 Å². The minimum atomic E-state index is 1.15. The van der Waals surface area contributed by atoms with Crippen LogP contribution in [0, 0.1) is 0 Å². The van der Waals surface area contributed by atoms with Crippen molar-refractivity contribution >= 4 is 81.0 Å². The van der Waals surface area contributed by atoms with Gasteiger partial charge in [-0.3, -0.25) is 0 Å². The van der Waals surface area contributed by atoms with Crippen molar-refractivity contribution in [3.05, 3.63) is 297 Å². The second-order valence-electron chi connectivity index (χ2n) is 19.4. The van der Waals surface area contributed by atoms with Crippen molar-refractivity contribution in [1.29, 1.82) is 0 Å². The highest BCUT2D eigenvalue weighted by Crippen LogP contribution is 2.46. The predicted molar refractivity (Wildman–Crippen MR) is 326 cm³/mol. The van der Waals surface area contributed by atoms with Gasteiger partial charge >= 0.3 is 0 Å². The molecular weight excluding hydrogens is 901 g/mol. The molecule has 0 amide bonds. The van der Waals surface area contributed by atoms with Crippen molar-refractivity contribution < 1.29 is 0 Å². The zero-order valence-electron chi connectivity index (χ0n) is 41.8. The van der Waals surface area contributed by atoms with Crippen LogP contribution in [0.4, 0.5) is 0 Å². The summed E-state index contributed by atoms with van der Waals surface area (Å²) in [5.41, 5.74) is 15.0. The van der Waals surface area contributed by atoms with Gasteiger partial charge in [0.25, 0.3) is 0 Å². The van der Waals surface area contributed by atoms with Crippen molar-refractivity contribution in [3.8, 4) is 55.6 Å². The molecule has 0 aliphatic carbocycles. The van der Waals surface area contributed by atoms with Crippen LogP contribution in [0.15, 0.2) is 292 Å². The number of fused-ring (bicyclic) bond motifs is 7. The third-order valence-corrected chi connectivity index (χ3v) is 15.3. The number of hydrogen-bond acceptors (Lipinski definition) is 0. The quantitative estimate of drug-likeness (QED) is 0.110. The highest BCUT2D eigenvalue weighted by molar-refractivity contribution is 6.23. The molecular formula is C75H52. The topological polar surface area (TPSA) is 0 Å². The molecule has 0 N–H and O–H groups in total. The lowest BCUT2D eigenvalue weighted by atomic mass is 9.85. The Hall–Kier alpha value is -9.62. The highest BCUT2D eigenvalue weighted by atomic mass is 14.2. The van der Waals surface area contributed by atoms with Gasteiger partial charge in [-0.1, -0.05) is 280 Å². The molecule has 0 saturated carbocycles. The van der Waals surface area contributed by atoms with Gasteiger partial charge in [0.1, 0.15) is 0 Å². The van der Waals surface area contributed by atoms with E-state index in [2.05, 4.69) is 293 Å². The van der Waals surface area contributed by atoms with E-state index in [0.717, 1.165) is 5.57 Å². The zero-order valence-corrected chi connectivity index (χ0v) is 41.8. The number of rotatable bonds is 7. The fourth-order valence-electron chi connectivity index (χ4n) is 11.7. The summed E-state index contributed by atoms with van der Waals surface area (Å²) in [6.45, 7) is 6.01. The van der Waals surface area contributed by atoms with Gasteiger partial charge in [-0.15, -0.1) is 0 Å².